The van der Waals surface area contributed by atoms with Gasteiger partial charge in [0.15, 0.2) is 5.76 Å². The van der Waals surface area contributed by atoms with Gasteiger partial charge in [-0.1, -0.05) is 6.92 Å². The summed E-state index contributed by atoms with van der Waals surface area (Å²) in [4.78, 5) is 23.5. The van der Waals surface area contributed by atoms with Crippen LogP contribution in [0.2, 0.25) is 0 Å². The van der Waals surface area contributed by atoms with Gasteiger partial charge in [-0.2, -0.15) is 0 Å². The number of amides is 1. The molecule has 25 heavy (non-hydrogen) atoms. The van der Waals surface area contributed by atoms with Gasteiger partial charge in [0, 0.05) is 25.3 Å². The van der Waals surface area contributed by atoms with Crippen molar-refractivity contribution in [3.63, 3.8) is 0 Å². The van der Waals surface area contributed by atoms with Crippen molar-refractivity contribution in [1.82, 2.24) is 0 Å². The molecule has 1 aromatic heterocycles. The molecule has 1 heterocycles. The van der Waals surface area contributed by atoms with Crippen LogP contribution in [-0.4, -0.2) is 37.3 Å². The van der Waals surface area contributed by atoms with Crippen LogP contribution in [0.15, 0.2) is 28.7 Å². The summed E-state index contributed by atoms with van der Waals surface area (Å²) in [6.07, 6.45) is 0.390. The Hall–Kier alpha value is -2.80. The average molecular weight is 347 g/mol. The molecule has 0 atom stereocenters. The zero-order chi connectivity index (χ0) is 18.4. The molecular formula is C18H21NO6. The minimum Gasteiger partial charge on any atom is -0.491 e. The van der Waals surface area contributed by atoms with E-state index >= 15 is 0 Å². The third-order valence-electron chi connectivity index (χ3n) is 3.59. The zero-order valence-electron chi connectivity index (χ0n) is 14.4. The molecule has 7 heteroatoms. The van der Waals surface area contributed by atoms with Crippen LogP contribution in [0.3, 0.4) is 0 Å². The minimum absolute atomic E-state index is 0.00580. The second-order valence-corrected chi connectivity index (χ2v) is 5.38. The molecule has 0 spiro atoms. The molecule has 1 amide bonds. The number of carbonyl (C=O) groups excluding carboxylic acids is 1. The Kier molecular flexibility index (Phi) is 6.19. The summed E-state index contributed by atoms with van der Waals surface area (Å²) in [5.41, 5.74) is 1.41. The van der Waals surface area contributed by atoms with Crippen molar-refractivity contribution in [2.24, 2.45) is 0 Å². The highest BCUT2D eigenvalue weighted by Crippen LogP contribution is 2.23. The van der Waals surface area contributed by atoms with Gasteiger partial charge in [0.2, 0.25) is 0 Å². The van der Waals surface area contributed by atoms with Crippen molar-refractivity contribution in [1.29, 1.82) is 0 Å². The molecule has 7 nitrogen and oxygen atoms in total. The molecule has 1 aromatic carbocycles. The van der Waals surface area contributed by atoms with Crippen molar-refractivity contribution >= 4 is 17.6 Å². The van der Waals surface area contributed by atoms with Crippen LogP contribution >= 0.6 is 0 Å². The van der Waals surface area contributed by atoms with E-state index in [4.69, 9.17) is 19.0 Å². The molecule has 0 fully saturated rings. The fourth-order valence-electron chi connectivity index (χ4n) is 2.28. The maximum Gasteiger partial charge on any atom is 0.339 e. The van der Waals surface area contributed by atoms with Crippen LogP contribution in [0.25, 0.3) is 0 Å². The highest BCUT2D eigenvalue weighted by atomic mass is 16.5. The monoisotopic (exact) mass is 347 g/mol. The summed E-state index contributed by atoms with van der Waals surface area (Å²) in [6.45, 7) is 4.52. The van der Waals surface area contributed by atoms with E-state index in [0.29, 0.717) is 31.1 Å². The van der Waals surface area contributed by atoms with E-state index in [1.807, 2.05) is 6.92 Å². The van der Waals surface area contributed by atoms with Crippen molar-refractivity contribution in [2.75, 3.05) is 25.6 Å². The van der Waals surface area contributed by atoms with Crippen LogP contribution < -0.4 is 10.1 Å². The van der Waals surface area contributed by atoms with Crippen LogP contribution in [0.4, 0.5) is 5.69 Å². The lowest BCUT2D eigenvalue weighted by Gasteiger charge is -2.10. The maximum absolute atomic E-state index is 12.3. The first kappa shape index (κ1) is 18.5. The van der Waals surface area contributed by atoms with Crippen molar-refractivity contribution < 1.29 is 28.6 Å². The second-order valence-electron chi connectivity index (χ2n) is 5.38. The highest BCUT2D eigenvalue weighted by molar-refractivity contribution is 6.04. The van der Waals surface area contributed by atoms with Gasteiger partial charge < -0.3 is 24.3 Å². The standard InChI is InChI=1S/C18H21NO6/c1-4-15-13(18(21)22)10-16(25-15)17(20)19-14-6-5-12(9-11(14)2)24-8-7-23-3/h5-6,9-10H,4,7-8H2,1-3H3,(H,19,20)(H,21,22). The fourth-order valence-corrected chi connectivity index (χ4v) is 2.28. The summed E-state index contributed by atoms with van der Waals surface area (Å²) < 4.78 is 15.8. The molecule has 0 unspecified atom stereocenters. The predicted molar refractivity (Wildman–Crippen MR) is 91.5 cm³/mol. The first-order chi connectivity index (χ1) is 12.0. The molecule has 0 aliphatic carbocycles. The van der Waals surface area contributed by atoms with Crippen molar-refractivity contribution in [2.45, 2.75) is 20.3 Å². The maximum atomic E-state index is 12.3. The lowest BCUT2D eigenvalue weighted by molar-refractivity contribution is 0.0694. The number of furan rings is 1. The van der Waals surface area contributed by atoms with Gasteiger partial charge in [0.05, 0.1) is 6.61 Å². The number of aromatic carboxylic acids is 1. The summed E-state index contributed by atoms with van der Waals surface area (Å²) in [7, 11) is 1.60. The highest BCUT2D eigenvalue weighted by Gasteiger charge is 2.20. The van der Waals surface area contributed by atoms with Crippen LogP contribution in [0.5, 0.6) is 5.75 Å². The average Bonchev–Trinajstić information content (AvgIpc) is 3.02. The Morgan fingerprint density at radius 3 is 2.56 bits per heavy atom. The Labute approximate surface area is 145 Å². The number of carbonyl (C=O) groups is 2. The predicted octanol–water partition coefficient (Wildman–Crippen LogP) is 3.13. The molecular weight excluding hydrogens is 326 g/mol. The number of aryl methyl sites for hydroxylation is 2. The zero-order valence-corrected chi connectivity index (χ0v) is 14.4. The number of benzene rings is 1. The number of methoxy groups -OCH3 is 1. The number of carboxylic acid groups (broad SMARTS) is 1. The Bertz CT molecular complexity index is 765. The number of anilines is 1. The number of nitrogens with one attached hydrogen (secondary N) is 1. The first-order valence-corrected chi connectivity index (χ1v) is 7.86. The van der Waals surface area contributed by atoms with Gasteiger partial charge in [-0.15, -0.1) is 0 Å². The largest absolute Gasteiger partial charge is 0.491 e. The van der Waals surface area contributed by atoms with Gasteiger partial charge in [-0.25, -0.2) is 4.79 Å². The summed E-state index contributed by atoms with van der Waals surface area (Å²) in [5, 5.41) is 11.8. The molecule has 2 N–H and O–H groups in total. The smallest absolute Gasteiger partial charge is 0.339 e. The fraction of sp³-hybridized carbons (Fsp3) is 0.333. The molecule has 0 aliphatic rings. The van der Waals surface area contributed by atoms with E-state index in [2.05, 4.69) is 5.32 Å². The second kappa shape index (κ2) is 8.34. The van der Waals surface area contributed by atoms with Crippen molar-refractivity contribution in [3.05, 3.63) is 46.9 Å². The van der Waals surface area contributed by atoms with Crippen molar-refractivity contribution in [3.8, 4) is 5.75 Å². The number of carboxylic acids is 1. The minimum atomic E-state index is -1.12. The number of rotatable bonds is 8. The molecule has 0 saturated heterocycles. The Morgan fingerprint density at radius 1 is 1.24 bits per heavy atom. The van der Waals surface area contributed by atoms with E-state index in [0.717, 1.165) is 5.56 Å². The number of ether oxygens (including phenoxy) is 2. The summed E-state index contributed by atoms with van der Waals surface area (Å²) in [6, 6.07) is 6.50. The third kappa shape index (κ3) is 4.60. The van der Waals surface area contributed by atoms with Crippen LogP contribution in [0.1, 0.15) is 39.2 Å². The van der Waals surface area contributed by atoms with Gasteiger partial charge >= 0.3 is 5.97 Å². The number of hydrogen-bond donors (Lipinski definition) is 2. The van der Waals surface area contributed by atoms with Crippen LogP contribution in [0, 0.1) is 6.92 Å². The number of hydrogen-bond acceptors (Lipinski definition) is 5. The topological polar surface area (TPSA) is 98.0 Å². The van der Waals surface area contributed by atoms with Gasteiger partial charge in [-0.3, -0.25) is 4.79 Å². The molecule has 0 radical (unpaired) electrons. The molecule has 0 aliphatic heterocycles. The van der Waals surface area contributed by atoms with E-state index < -0.39 is 11.9 Å². The normalized spacial score (nSPS) is 10.5. The molecule has 134 valence electrons. The van der Waals surface area contributed by atoms with Crippen LogP contribution in [-0.2, 0) is 11.2 Å². The quantitative estimate of drug-likeness (QED) is 0.712. The third-order valence-corrected chi connectivity index (χ3v) is 3.59. The van der Waals surface area contributed by atoms with E-state index in [9.17, 15) is 9.59 Å². The Balaban J connectivity index is 2.11. The van der Waals surface area contributed by atoms with E-state index in [-0.39, 0.29) is 17.1 Å². The SMILES string of the molecule is CCc1oc(C(=O)Nc2ccc(OCCOC)cc2C)cc1C(=O)O. The molecule has 2 rings (SSSR count). The van der Waals surface area contributed by atoms with Gasteiger partial charge in [0.1, 0.15) is 23.7 Å². The van der Waals surface area contributed by atoms with Gasteiger partial charge in [0.25, 0.3) is 5.91 Å². The van der Waals surface area contributed by atoms with Gasteiger partial charge in [-0.05, 0) is 30.7 Å². The first-order valence-electron chi connectivity index (χ1n) is 7.86. The molecule has 0 bridgehead atoms. The van der Waals surface area contributed by atoms with E-state index in [1.165, 1.54) is 6.07 Å². The summed E-state index contributed by atoms with van der Waals surface area (Å²) in [5.74, 6) is -0.705. The molecule has 2 aromatic rings. The summed E-state index contributed by atoms with van der Waals surface area (Å²) >= 11 is 0. The Morgan fingerprint density at radius 2 is 2.00 bits per heavy atom. The lowest BCUT2D eigenvalue weighted by Crippen LogP contribution is -2.12. The lowest BCUT2D eigenvalue weighted by atomic mass is 10.2. The molecule has 0 saturated carbocycles. The van der Waals surface area contributed by atoms with E-state index in [1.54, 1.807) is 32.2 Å².